The zero-order valence-corrected chi connectivity index (χ0v) is 8.35. The second-order valence-corrected chi connectivity index (χ2v) is 3.25. The lowest BCUT2D eigenvalue weighted by Gasteiger charge is -2.09. The summed E-state index contributed by atoms with van der Waals surface area (Å²) in [6.45, 7) is 6.06. The molecule has 0 unspecified atom stereocenters. The van der Waals surface area contributed by atoms with Gasteiger partial charge in [0.15, 0.2) is 0 Å². The Morgan fingerprint density at radius 1 is 1.00 bits per heavy atom. The Labute approximate surface area is 90.1 Å². The fourth-order valence-electron chi connectivity index (χ4n) is 1.40. The monoisotopic (exact) mass is 194 g/mol. The van der Waals surface area contributed by atoms with Gasteiger partial charge >= 0.3 is 0 Å². The van der Waals surface area contributed by atoms with Crippen LogP contribution in [0.15, 0.2) is 66.5 Å². The molecule has 0 bridgehead atoms. The van der Waals surface area contributed by atoms with Crippen LogP contribution in [0.5, 0.6) is 0 Å². The van der Waals surface area contributed by atoms with Gasteiger partial charge in [-0.25, -0.2) is 0 Å². The fraction of sp³-hybridized carbons (Fsp3) is 0. The van der Waals surface area contributed by atoms with E-state index in [-0.39, 0.29) is 0 Å². The largest absolute Gasteiger partial charge is 0.361 e. The van der Waals surface area contributed by atoms with Gasteiger partial charge in [0.05, 0.1) is 0 Å². The molecule has 1 nitrogen and oxygen atoms in total. The highest BCUT2D eigenvalue weighted by molar-refractivity contribution is 5.76. The third-order valence-corrected chi connectivity index (χ3v) is 2.20. The van der Waals surface area contributed by atoms with Crippen LogP contribution < -0.4 is 5.32 Å². The van der Waals surface area contributed by atoms with Crippen LogP contribution in [-0.2, 0) is 0 Å². The van der Waals surface area contributed by atoms with Gasteiger partial charge in [-0.05, 0) is 17.7 Å². The number of hydrogen-bond acceptors (Lipinski definition) is 1. The molecule has 73 valence electrons. The zero-order valence-electron chi connectivity index (χ0n) is 8.35. The number of allylic oxidation sites excluding steroid dienone is 5. The van der Waals surface area contributed by atoms with E-state index < -0.39 is 0 Å². The van der Waals surface area contributed by atoms with Gasteiger partial charge in [-0.2, -0.15) is 0 Å². The van der Waals surface area contributed by atoms with E-state index >= 15 is 0 Å². The molecule has 1 aromatic carbocycles. The van der Waals surface area contributed by atoms with Crippen molar-refractivity contribution in [2.75, 3.05) is 0 Å². The summed E-state index contributed by atoms with van der Waals surface area (Å²) in [5.41, 5.74) is 2.71. The van der Waals surface area contributed by atoms with E-state index in [0.717, 1.165) is 16.8 Å². The SMILES string of the molecule is [CH]=C(C1=CC=CC=CN1)c1ccccc1. The van der Waals surface area contributed by atoms with Crippen molar-refractivity contribution in [3.05, 3.63) is 78.7 Å². The molecule has 1 aliphatic rings. The summed E-state index contributed by atoms with van der Waals surface area (Å²) in [5, 5.41) is 3.14. The minimum absolute atomic E-state index is 0.756. The van der Waals surface area contributed by atoms with E-state index in [1.54, 1.807) is 0 Å². The highest BCUT2D eigenvalue weighted by Crippen LogP contribution is 2.19. The smallest absolute Gasteiger partial charge is 0.0459 e. The summed E-state index contributed by atoms with van der Waals surface area (Å²) >= 11 is 0. The first-order valence-corrected chi connectivity index (χ1v) is 4.86. The van der Waals surface area contributed by atoms with Crippen molar-refractivity contribution in [2.24, 2.45) is 0 Å². The first-order chi connectivity index (χ1) is 7.38. The molecule has 1 heteroatoms. The van der Waals surface area contributed by atoms with Crippen LogP contribution >= 0.6 is 0 Å². The van der Waals surface area contributed by atoms with Crippen LogP contribution in [-0.4, -0.2) is 0 Å². The van der Waals surface area contributed by atoms with Crippen LogP contribution in [0.3, 0.4) is 0 Å². The maximum absolute atomic E-state index is 6.06. The molecule has 0 amide bonds. The summed E-state index contributed by atoms with van der Waals surface area (Å²) in [7, 11) is 0. The van der Waals surface area contributed by atoms with Gasteiger partial charge in [0, 0.05) is 17.5 Å². The Bertz CT molecular complexity index is 436. The molecule has 0 aromatic heterocycles. The predicted molar refractivity (Wildman–Crippen MR) is 63.6 cm³/mol. The van der Waals surface area contributed by atoms with Crippen LogP contribution in [0.4, 0.5) is 0 Å². The van der Waals surface area contributed by atoms with Crippen molar-refractivity contribution in [2.45, 2.75) is 0 Å². The zero-order chi connectivity index (χ0) is 10.5. The van der Waals surface area contributed by atoms with Crippen molar-refractivity contribution in [1.29, 1.82) is 0 Å². The van der Waals surface area contributed by atoms with Crippen molar-refractivity contribution >= 4 is 5.57 Å². The molecule has 1 aromatic rings. The van der Waals surface area contributed by atoms with Crippen molar-refractivity contribution in [1.82, 2.24) is 5.32 Å². The average molecular weight is 194 g/mol. The van der Waals surface area contributed by atoms with E-state index in [1.165, 1.54) is 0 Å². The normalized spacial score (nSPS) is 14.0. The topological polar surface area (TPSA) is 12.0 Å². The maximum Gasteiger partial charge on any atom is 0.0459 e. The van der Waals surface area contributed by atoms with Gasteiger partial charge in [-0.3, -0.25) is 0 Å². The maximum atomic E-state index is 6.06. The van der Waals surface area contributed by atoms with E-state index in [2.05, 4.69) is 5.32 Å². The standard InChI is InChI=1S/C14H12N/c1-12(13-8-4-2-5-9-13)14-10-6-3-7-11-15-14/h1-11,15H. The van der Waals surface area contributed by atoms with Gasteiger partial charge in [-0.1, -0.05) is 49.1 Å². The lowest BCUT2D eigenvalue weighted by molar-refractivity contribution is 1.13. The molecule has 0 atom stereocenters. The fourth-order valence-corrected chi connectivity index (χ4v) is 1.40. The van der Waals surface area contributed by atoms with Crippen LogP contribution in [0, 0.1) is 6.58 Å². The summed E-state index contributed by atoms with van der Waals surface area (Å²) in [5.74, 6) is 0. The minimum Gasteiger partial charge on any atom is -0.361 e. The highest BCUT2D eigenvalue weighted by atomic mass is 14.8. The molecule has 2 rings (SSSR count). The van der Waals surface area contributed by atoms with E-state index in [9.17, 15) is 0 Å². The molecular weight excluding hydrogens is 182 g/mol. The molecule has 0 saturated heterocycles. The molecule has 1 aliphatic heterocycles. The Morgan fingerprint density at radius 3 is 2.60 bits per heavy atom. The number of rotatable bonds is 2. The van der Waals surface area contributed by atoms with Crippen LogP contribution in [0.2, 0.25) is 0 Å². The Kier molecular flexibility index (Phi) is 2.84. The Hall–Kier alpha value is -2.02. The predicted octanol–water partition coefficient (Wildman–Crippen LogP) is 3.06. The van der Waals surface area contributed by atoms with Gasteiger partial charge in [-0.15, -0.1) is 0 Å². The first kappa shape index (κ1) is 9.53. The molecule has 0 saturated carbocycles. The second kappa shape index (κ2) is 4.47. The lowest BCUT2D eigenvalue weighted by atomic mass is 10.0. The number of benzene rings is 1. The lowest BCUT2D eigenvalue weighted by Crippen LogP contribution is -2.05. The van der Waals surface area contributed by atoms with Gasteiger partial charge < -0.3 is 5.32 Å². The van der Waals surface area contributed by atoms with Crippen LogP contribution in [0.25, 0.3) is 5.57 Å². The molecule has 1 N–H and O–H groups in total. The van der Waals surface area contributed by atoms with Gasteiger partial charge in [0.1, 0.15) is 0 Å². The quantitative estimate of drug-likeness (QED) is 0.763. The minimum atomic E-state index is 0.756. The first-order valence-electron chi connectivity index (χ1n) is 4.86. The van der Waals surface area contributed by atoms with Crippen molar-refractivity contribution < 1.29 is 0 Å². The molecule has 1 heterocycles. The van der Waals surface area contributed by atoms with E-state index in [4.69, 9.17) is 6.58 Å². The van der Waals surface area contributed by atoms with Gasteiger partial charge in [0.25, 0.3) is 0 Å². The number of nitrogens with one attached hydrogen (secondary N) is 1. The summed E-state index contributed by atoms with van der Waals surface area (Å²) < 4.78 is 0. The van der Waals surface area contributed by atoms with Gasteiger partial charge in [0.2, 0.25) is 0 Å². The molecule has 0 aliphatic carbocycles. The highest BCUT2D eigenvalue weighted by Gasteiger charge is 2.03. The summed E-state index contributed by atoms with van der Waals surface area (Å²) in [6.07, 6.45) is 9.68. The molecule has 0 fully saturated rings. The third-order valence-electron chi connectivity index (χ3n) is 2.20. The molecule has 0 spiro atoms. The third kappa shape index (κ3) is 2.26. The second-order valence-electron chi connectivity index (χ2n) is 3.25. The Morgan fingerprint density at radius 2 is 1.80 bits per heavy atom. The van der Waals surface area contributed by atoms with Crippen LogP contribution in [0.1, 0.15) is 5.56 Å². The summed E-state index contributed by atoms with van der Waals surface area (Å²) in [6, 6.07) is 9.92. The Balaban J connectivity index is 2.25. The molecule has 15 heavy (non-hydrogen) atoms. The summed E-state index contributed by atoms with van der Waals surface area (Å²) in [4.78, 5) is 0. The number of hydrogen-bond donors (Lipinski definition) is 1. The van der Waals surface area contributed by atoms with Crippen molar-refractivity contribution in [3.63, 3.8) is 0 Å². The van der Waals surface area contributed by atoms with E-state index in [0.29, 0.717) is 0 Å². The molecule has 1 radical (unpaired) electrons. The average Bonchev–Trinajstić information content (AvgIpc) is 2.58. The van der Waals surface area contributed by atoms with Crippen molar-refractivity contribution in [3.8, 4) is 0 Å². The molecular formula is C14H12N. The van der Waals surface area contributed by atoms with E-state index in [1.807, 2.05) is 60.8 Å².